The first-order chi connectivity index (χ1) is 12.5. The highest BCUT2D eigenvalue weighted by Crippen LogP contribution is 2.37. The fourth-order valence-corrected chi connectivity index (χ4v) is 3.40. The normalized spacial score (nSPS) is 16.6. The van der Waals surface area contributed by atoms with Crippen LogP contribution in [0.3, 0.4) is 0 Å². The standard InChI is InChI=1S/C21H19FN2O2/c22-16-8-6-15(7-9-16)19-14-20(21(26)12-10-18(25)11-13-21)23-24(19)17-4-2-1-3-5-17/h1-9,14,26H,10-13H2. The Balaban J connectivity index is 1.83. The highest BCUT2D eigenvalue weighted by atomic mass is 19.1. The molecule has 0 radical (unpaired) electrons. The molecule has 132 valence electrons. The minimum Gasteiger partial charge on any atom is -0.383 e. The third kappa shape index (κ3) is 3.06. The van der Waals surface area contributed by atoms with Crippen molar-refractivity contribution in [3.05, 3.63) is 72.2 Å². The van der Waals surface area contributed by atoms with E-state index in [1.165, 1.54) is 12.1 Å². The molecule has 0 aliphatic heterocycles. The lowest BCUT2D eigenvalue weighted by atomic mass is 9.82. The van der Waals surface area contributed by atoms with E-state index in [9.17, 15) is 14.3 Å². The van der Waals surface area contributed by atoms with Crippen LogP contribution in [0.2, 0.25) is 0 Å². The summed E-state index contributed by atoms with van der Waals surface area (Å²) < 4.78 is 15.1. The summed E-state index contributed by atoms with van der Waals surface area (Å²) in [7, 11) is 0. The largest absolute Gasteiger partial charge is 0.383 e. The molecule has 3 aromatic rings. The second-order valence-electron chi connectivity index (χ2n) is 6.74. The van der Waals surface area contributed by atoms with Crippen LogP contribution in [-0.4, -0.2) is 20.7 Å². The van der Waals surface area contributed by atoms with Gasteiger partial charge < -0.3 is 5.11 Å². The second kappa shape index (κ2) is 6.50. The number of halogens is 1. The summed E-state index contributed by atoms with van der Waals surface area (Å²) in [6, 6.07) is 17.7. The number of aromatic nitrogens is 2. The van der Waals surface area contributed by atoms with Gasteiger partial charge in [0.15, 0.2) is 0 Å². The van der Waals surface area contributed by atoms with Gasteiger partial charge in [0.1, 0.15) is 17.2 Å². The van der Waals surface area contributed by atoms with Crippen molar-refractivity contribution in [1.82, 2.24) is 9.78 Å². The molecule has 4 rings (SSSR count). The van der Waals surface area contributed by atoms with Crippen LogP contribution in [-0.2, 0) is 10.4 Å². The van der Waals surface area contributed by atoms with Crippen molar-refractivity contribution in [3.63, 3.8) is 0 Å². The fourth-order valence-electron chi connectivity index (χ4n) is 3.40. The van der Waals surface area contributed by atoms with Gasteiger partial charge in [0, 0.05) is 18.4 Å². The third-order valence-corrected chi connectivity index (χ3v) is 4.96. The van der Waals surface area contributed by atoms with Crippen molar-refractivity contribution in [3.8, 4) is 16.9 Å². The van der Waals surface area contributed by atoms with E-state index in [0.717, 1.165) is 16.9 Å². The first-order valence-corrected chi connectivity index (χ1v) is 8.71. The summed E-state index contributed by atoms with van der Waals surface area (Å²) >= 11 is 0. The van der Waals surface area contributed by atoms with E-state index in [2.05, 4.69) is 5.10 Å². The van der Waals surface area contributed by atoms with Crippen LogP contribution < -0.4 is 0 Å². The molecule has 0 amide bonds. The number of rotatable bonds is 3. The van der Waals surface area contributed by atoms with E-state index in [4.69, 9.17) is 0 Å². The van der Waals surface area contributed by atoms with Crippen molar-refractivity contribution in [2.75, 3.05) is 0 Å². The van der Waals surface area contributed by atoms with Crippen molar-refractivity contribution in [2.45, 2.75) is 31.3 Å². The maximum Gasteiger partial charge on any atom is 0.133 e. The predicted octanol–water partition coefficient (Wildman–Crippen LogP) is 4.01. The highest BCUT2D eigenvalue weighted by molar-refractivity contribution is 5.79. The monoisotopic (exact) mass is 350 g/mol. The summed E-state index contributed by atoms with van der Waals surface area (Å²) in [5.41, 5.74) is 1.88. The molecule has 2 aromatic carbocycles. The van der Waals surface area contributed by atoms with Gasteiger partial charge in [-0.15, -0.1) is 0 Å². The Labute approximate surface area is 150 Å². The molecule has 1 N–H and O–H groups in total. The van der Waals surface area contributed by atoms with Crippen LogP contribution in [0.15, 0.2) is 60.7 Å². The zero-order valence-electron chi connectivity index (χ0n) is 14.2. The van der Waals surface area contributed by atoms with Crippen LogP contribution in [0.1, 0.15) is 31.4 Å². The van der Waals surface area contributed by atoms with Gasteiger partial charge in [0.05, 0.1) is 17.1 Å². The van der Waals surface area contributed by atoms with Crippen LogP contribution in [0.4, 0.5) is 4.39 Å². The third-order valence-electron chi connectivity index (χ3n) is 4.96. The zero-order valence-corrected chi connectivity index (χ0v) is 14.2. The average molecular weight is 350 g/mol. The number of aliphatic hydroxyl groups is 1. The van der Waals surface area contributed by atoms with Crippen LogP contribution in [0.5, 0.6) is 0 Å². The van der Waals surface area contributed by atoms with E-state index in [1.807, 2.05) is 36.4 Å². The summed E-state index contributed by atoms with van der Waals surface area (Å²) in [6.45, 7) is 0. The lowest BCUT2D eigenvalue weighted by Crippen LogP contribution is -2.32. The molecule has 0 atom stereocenters. The number of hydrogen-bond acceptors (Lipinski definition) is 3. The minimum atomic E-state index is -1.11. The van der Waals surface area contributed by atoms with Gasteiger partial charge in [0.25, 0.3) is 0 Å². The molecule has 1 fully saturated rings. The SMILES string of the molecule is O=C1CCC(O)(c2cc(-c3ccc(F)cc3)n(-c3ccccc3)n2)CC1. The number of carbonyl (C=O) groups excluding carboxylic acids is 1. The number of benzene rings is 2. The molecule has 1 aliphatic carbocycles. The molecule has 0 spiro atoms. The molecule has 0 bridgehead atoms. The van der Waals surface area contributed by atoms with E-state index >= 15 is 0 Å². The number of Topliss-reactive ketones (excluding diaryl/α,β-unsaturated/α-hetero) is 1. The quantitative estimate of drug-likeness (QED) is 0.776. The Morgan fingerprint density at radius 3 is 2.31 bits per heavy atom. The molecular weight excluding hydrogens is 331 g/mol. The van der Waals surface area contributed by atoms with Crippen LogP contribution >= 0.6 is 0 Å². The first-order valence-electron chi connectivity index (χ1n) is 8.71. The topological polar surface area (TPSA) is 55.1 Å². The zero-order chi connectivity index (χ0) is 18.1. The molecule has 1 saturated carbocycles. The van der Waals surface area contributed by atoms with E-state index in [-0.39, 0.29) is 11.6 Å². The summed E-state index contributed by atoms with van der Waals surface area (Å²) in [6.07, 6.45) is 1.47. The average Bonchev–Trinajstić information content (AvgIpc) is 3.12. The van der Waals surface area contributed by atoms with Gasteiger partial charge in [-0.3, -0.25) is 4.79 Å². The summed E-state index contributed by atoms with van der Waals surface area (Å²) in [5, 5.41) is 15.7. The molecule has 0 unspecified atom stereocenters. The van der Waals surface area contributed by atoms with Gasteiger partial charge in [-0.25, -0.2) is 9.07 Å². The van der Waals surface area contributed by atoms with E-state index in [1.54, 1.807) is 16.8 Å². The summed E-state index contributed by atoms with van der Waals surface area (Å²) in [4.78, 5) is 11.6. The van der Waals surface area contributed by atoms with Gasteiger partial charge in [-0.05, 0) is 55.3 Å². The maximum absolute atomic E-state index is 13.3. The Hall–Kier alpha value is -2.79. The molecule has 1 aliphatic rings. The van der Waals surface area contributed by atoms with Crippen LogP contribution in [0.25, 0.3) is 16.9 Å². The Morgan fingerprint density at radius 1 is 1.00 bits per heavy atom. The van der Waals surface area contributed by atoms with Gasteiger partial charge in [-0.2, -0.15) is 5.10 Å². The molecule has 0 saturated heterocycles. The fraction of sp³-hybridized carbons (Fsp3) is 0.238. The highest BCUT2D eigenvalue weighted by Gasteiger charge is 2.37. The molecule has 26 heavy (non-hydrogen) atoms. The minimum absolute atomic E-state index is 0.177. The van der Waals surface area contributed by atoms with Gasteiger partial charge in [0.2, 0.25) is 0 Å². The lowest BCUT2D eigenvalue weighted by Gasteiger charge is -2.29. The molecule has 1 heterocycles. The Bertz CT molecular complexity index is 922. The van der Waals surface area contributed by atoms with Gasteiger partial charge >= 0.3 is 0 Å². The molecule has 1 aromatic heterocycles. The number of ketones is 1. The molecule has 5 heteroatoms. The Kier molecular flexibility index (Phi) is 4.17. The molecule has 4 nitrogen and oxygen atoms in total. The first kappa shape index (κ1) is 16.7. The van der Waals surface area contributed by atoms with Gasteiger partial charge in [-0.1, -0.05) is 18.2 Å². The maximum atomic E-state index is 13.3. The lowest BCUT2D eigenvalue weighted by molar-refractivity contribution is -0.125. The molecular formula is C21H19FN2O2. The number of nitrogens with zero attached hydrogens (tertiary/aromatic N) is 2. The van der Waals surface area contributed by atoms with Crippen molar-refractivity contribution in [1.29, 1.82) is 0 Å². The smallest absolute Gasteiger partial charge is 0.133 e. The number of para-hydroxylation sites is 1. The van der Waals surface area contributed by atoms with Crippen molar-refractivity contribution >= 4 is 5.78 Å². The summed E-state index contributed by atoms with van der Waals surface area (Å²) in [5.74, 6) is -0.125. The van der Waals surface area contributed by atoms with Crippen molar-refractivity contribution in [2.24, 2.45) is 0 Å². The predicted molar refractivity (Wildman–Crippen MR) is 96.3 cm³/mol. The van der Waals surface area contributed by atoms with Crippen molar-refractivity contribution < 1.29 is 14.3 Å². The van der Waals surface area contributed by atoms with Crippen LogP contribution in [0, 0.1) is 5.82 Å². The van der Waals surface area contributed by atoms with E-state index in [0.29, 0.717) is 31.4 Å². The second-order valence-corrected chi connectivity index (χ2v) is 6.74. The Morgan fingerprint density at radius 2 is 1.65 bits per heavy atom. The van der Waals surface area contributed by atoms with E-state index < -0.39 is 5.60 Å². The number of hydrogen-bond donors (Lipinski definition) is 1. The number of carbonyl (C=O) groups is 1.